The highest BCUT2D eigenvalue weighted by Crippen LogP contribution is 2.29. The van der Waals surface area contributed by atoms with Crippen LogP contribution in [0.4, 0.5) is 27.6 Å². The molecular formula is C24H18F5N5O3. The lowest BCUT2D eigenvalue weighted by Gasteiger charge is -2.14. The topological polar surface area (TPSA) is 105 Å². The first kappa shape index (κ1) is 25.5. The summed E-state index contributed by atoms with van der Waals surface area (Å²) in [4.78, 5) is 25.5. The van der Waals surface area contributed by atoms with E-state index in [0.717, 1.165) is 12.3 Å². The summed E-state index contributed by atoms with van der Waals surface area (Å²) in [5.41, 5.74) is 6.90. The molecule has 0 radical (unpaired) electrons. The van der Waals surface area contributed by atoms with Gasteiger partial charge in [-0.15, -0.1) is 13.2 Å². The lowest BCUT2D eigenvalue weighted by atomic mass is 10.1. The molecule has 0 spiro atoms. The van der Waals surface area contributed by atoms with E-state index >= 15 is 0 Å². The van der Waals surface area contributed by atoms with E-state index in [1.165, 1.54) is 35.2 Å². The Morgan fingerprint density at radius 2 is 1.89 bits per heavy atom. The molecule has 0 fully saturated rings. The van der Waals surface area contributed by atoms with Crippen molar-refractivity contribution in [2.24, 2.45) is 4.99 Å². The van der Waals surface area contributed by atoms with E-state index in [1.54, 1.807) is 25.2 Å². The van der Waals surface area contributed by atoms with Crippen molar-refractivity contribution in [3.8, 4) is 28.6 Å². The summed E-state index contributed by atoms with van der Waals surface area (Å²) in [6, 6.07) is 9.86. The number of hydrogen-bond acceptors (Lipinski definition) is 7. The molecule has 3 heterocycles. The Balaban J connectivity index is 1.93. The third-order valence-corrected chi connectivity index (χ3v) is 5.06. The number of nitrogens with two attached hydrogens (primary N) is 1. The molecule has 0 aliphatic carbocycles. The average molecular weight is 519 g/mol. The van der Waals surface area contributed by atoms with E-state index in [2.05, 4.69) is 19.7 Å². The number of ether oxygens (including phenoxy) is 2. The van der Waals surface area contributed by atoms with Gasteiger partial charge in [0.15, 0.2) is 6.61 Å². The zero-order chi connectivity index (χ0) is 26.7. The van der Waals surface area contributed by atoms with Gasteiger partial charge in [0.2, 0.25) is 11.8 Å². The normalized spacial score (nSPS) is 12.0. The Kier molecular flexibility index (Phi) is 7.05. The Hall–Kier alpha value is -4.55. The van der Waals surface area contributed by atoms with E-state index in [1.807, 2.05) is 0 Å². The highest BCUT2D eigenvalue weighted by atomic mass is 19.4. The lowest BCUT2D eigenvalue weighted by Crippen LogP contribution is -2.21. The maximum atomic E-state index is 13.7. The van der Waals surface area contributed by atoms with E-state index in [0.29, 0.717) is 22.3 Å². The molecule has 4 rings (SSSR count). The second kappa shape index (κ2) is 10.2. The molecule has 1 aromatic carbocycles. The number of benzene rings is 1. The Labute approximate surface area is 205 Å². The predicted molar refractivity (Wildman–Crippen MR) is 127 cm³/mol. The summed E-state index contributed by atoms with van der Waals surface area (Å²) in [6.45, 7) is -0.914. The number of aliphatic imine (C=N–C) groups is 1. The molecular weight excluding hydrogens is 501 g/mol. The van der Waals surface area contributed by atoms with Crippen LogP contribution in [0.15, 0.2) is 64.6 Å². The number of fused-ring (bicyclic) bond motifs is 1. The van der Waals surface area contributed by atoms with Gasteiger partial charge in [-0.05, 0) is 30.3 Å². The smallest absolute Gasteiger partial charge is 0.472 e. The second-order valence-corrected chi connectivity index (χ2v) is 7.60. The number of anilines is 1. The fourth-order valence-electron chi connectivity index (χ4n) is 3.53. The summed E-state index contributed by atoms with van der Waals surface area (Å²) < 4.78 is 73.0. The van der Waals surface area contributed by atoms with Gasteiger partial charge >= 0.3 is 6.36 Å². The van der Waals surface area contributed by atoms with Crippen molar-refractivity contribution in [3.63, 3.8) is 0 Å². The van der Waals surface area contributed by atoms with Crippen molar-refractivity contribution in [2.75, 3.05) is 19.4 Å². The summed E-state index contributed by atoms with van der Waals surface area (Å²) in [6.07, 6.45) is -3.68. The molecule has 0 atom stereocenters. The van der Waals surface area contributed by atoms with Gasteiger partial charge in [0.05, 0.1) is 11.1 Å². The third kappa shape index (κ3) is 5.82. The molecule has 0 aliphatic rings. The van der Waals surface area contributed by atoms with Crippen LogP contribution in [0.5, 0.6) is 11.8 Å². The SMILES string of the molecule is CN=Cc1cc(-n2cc3ccc(OCC(F)F)nc3c(-c3ccc(OC(F)(F)F)nc3)c2=O)ccc1N. The van der Waals surface area contributed by atoms with Gasteiger partial charge in [0, 0.05) is 65.7 Å². The highest BCUT2D eigenvalue weighted by Gasteiger charge is 2.31. The van der Waals surface area contributed by atoms with E-state index < -0.39 is 30.8 Å². The molecule has 0 bridgehead atoms. The molecule has 4 aromatic rings. The highest BCUT2D eigenvalue weighted by molar-refractivity contribution is 5.93. The third-order valence-electron chi connectivity index (χ3n) is 5.06. The van der Waals surface area contributed by atoms with Crippen molar-refractivity contribution < 1.29 is 31.4 Å². The first-order valence-electron chi connectivity index (χ1n) is 10.6. The minimum absolute atomic E-state index is 0.0476. The van der Waals surface area contributed by atoms with Crippen LogP contribution in [0, 0.1) is 0 Å². The molecule has 0 saturated heterocycles. The van der Waals surface area contributed by atoms with Crippen LogP contribution in [0.3, 0.4) is 0 Å². The first-order valence-corrected chi connectivity index (χ1v) is 10.6. The first-order chi connectivity index (χ1) is 17.6. The molecule has 0 unspecified atom stereocenters. The number of aromatic nitrogens is 3. The number of nitrogens with zero attached hydrogens (tertiary/aromatic N) is 4. The largest absolute Gasteiger partial charge is 0.574 e. The van der Waals surface area contributed by atoms with Crippen LogP contribution < -0.4 is 20.8 Å². The Morgan fingerprint density at radius 1 is 1.14 bits per heavy atom. The maximum absolute atomic E-state index is 13.7. The lowest BCUT2D eigenvalue weighted by molar-refractivity contribution is -0.276. The quantitative estimate of drug-likeness (QED) is 0.217. The number of hydrogen-bond donors (Lipinski definition) is 1. The van der Waals surface area contributed by atoms with Gasteiger partial charge in [-0.25, -0.2) is 18.7 Å². The molecule has 192 valence electrons. The summed E-state index contributed by atoms with van der Waals surface area (Å²) in [5, 5.41) is 0.414. The minimum Gasteiger partial charge on any atom is -0.472 e. The number of rotatable bonds is 7. The summed E-state index contributed by atoms with van der Waals surface area (Å²) in [7, 11) is 1.56. The van der Waals surface area contributed by atoms with Gasteiger partial charge < -0.3 is 15.2 Å². The van der Waals surface area contributed by atoms with E-state index in [4.69, 9.17) is 10.5 Å². The second-order valence-electron chi connectivity index (χ2n) is 7.60. The molecule has 37 heavy (non-hydrogen) atoms. The van der Waals surface area contributed by atoms with Crippen molar-refractivity contribution in [1.29, 1.82) is 0 Å². The van der Waals surface area contributed by atoms with Crippen LogP contribution in [-0.2, 0) is 0 Å². The number of pyridine rings is 3. The minimum atomic E-state index is -4.95. The van der Waals surface area contributed by atoms with Crippen LogP contribution >= 0.6 is 0 Å². The standard InChI is InChI=1S/C24H18F5N5O3/c1-31-9-15-8-16(4-5-17(15)30)34-11-14-3-7-20(36-12-18(25)26)33-22(14)21(23(34)35)13-2-6-19(32-10-13)37-24(27,28)29/h2-11,18H,12,30H2,1H3. The van der Waals surface area contributed by atoms with Crippen LogP contribution in [-0.4, -0.2) is 47.2 Å². The van der Waals surface area contributed by atoms with Gasteiger partial charge in [-0.2, -0.15) is 0 Å². The van der Waals surface area contributed by atoms with Crippen LogP contribution in [0.2, 0.25) is 0 Å². The van der Waals surface area contributed by atoms with Gasteiger partial charge in [-0.3, -0.25) is 14.4 Å². The molecule has 13 heteroatoms. The number of nitrogen functional groups attached to an aromatic ring is 1. The van der Waals surface area contributed by atoms with Gasteiger partial charge in [-0.1, -0.05) is 0 Å². The average Bonchev–Trinajstić information content (AvgIpc) is 2.84. The fraction of sp³-hybridized carbons (Fsp3) is 0.167. The van der Waals surface area contributed by atoms with Crippen molar-refractivity contribution in [2.45, 2.75) is 12.8 Å². The monoisotopic (exact) mass is 519 g/mol. The summed E-state index contributed by atoms with van der Waals surface area (Å²) >= 11 is 0. The Bertz CT molecular complexity index is 1520. The number of halogens is 5. The fourth-order valence-corrected chi connectivity index (χ4v) is 3.53. The van der Waals surface area contributed by atoms with Gasteiger partial charge in [0.1, 0.15) is 0 Å². The van der Waals surface area contributed by atoms with Crippen LogP contribution in [0.25, 0.3) is 27.7 Å². The number of alkyl halides is 5. The van der Waals surface area contributed by atoms with Crippen molar-refractivity contribution in [1.82, 2.24) is 14.5 Å². The molecule has 0 aliphatic heterocycles. The van der Waals surface area contributed by atoms with E-state index in [9.17, 15) is 26.7 Å². The van der Waals surface area contributed by atoms with E-state index in [-0.39, 0.29) is 22.5 Å². The van der Waals surface area contributed by atoms with Crippen molar-refractivity contribution in [3.05, 3.63) is 70.8 Å². The predicted octanol–water partition coefficient (Wildman–Crippen LogP) is 4.62. The molecule has 8 nitrogen and oxygen atoms in total. The molecule has 0 saturated carbocycles. The summed E-state index contributed by atoms with van der Waals surface area (Å²) in [5.74, 6) is -0.891. The molecule has 2 N–H and O–H groups in total. The van der Waals surface area contributed by atoms with Crippen LogP contribution in [0.1, 0.15) is 5.56 Å². The van der Waals surface area contributed by atoms with Crippen molar-refractivity contribution >= 4 is 22.8 Å². The maximum Gasteiger partial charge on any atom is 0.574 e. The Morgan fingerprint density at radius 3 is 2.54 bits per heavy atom. The molecule has 3 aromatic heterocycles. The van der Waals surface area contributed by atoms with Gasteiger partial charge in [0.25, 0.3) is 12.0 Å². The zero-order valence-electron chi connectivity index (χ0n) is 19.0. The zero-order valence-corrected chi connectivity index (χ0v) is 19.0. The molecule has 0 amide bonds.